The van der Waals surface area contributed by atoms with Crippen LogP contribution in [0.4, 0.5) is 13.2 Å². The zero-order valence-electron chi connectivity index (χ0n) is 10.3. The topological polar surface area (TPSA) is 12.4 Å². The van der Waals surface area contributed by atoms with Crippen molar-refractivity contribution >= 4 is 6.21 Å². The highest BCUT2D eigenvalue weighted by Crippen LogP contribution is 2.49. The van der Waals surface area contributed by atoms with Crippen molar-refractivity contribution in [3.05, 3.63) is 35.6 Å². The molecule has 1 saturated carbocycles. The molecule has 0 aromatic heterocycles. The number of benzene rings is 1. The molecule has 0 spiro atoms. The molecule has 0 radical (unpaired) electrons. The molecule has 0 aliphatic heterocycles. The van der Waals surface area contributed by atoms with Gasteiger partial charge in [-0.25, -0.2) is 13.2 Å². The zero-order chi connectivity index (χ0) is 13.2. The van der Waals surface area contributed by atoms with Gasteiger partial charge in [-0.1, -0.05) is 24.6 Å². The summed E-state index contributed by atoms with van der Waals surface area (Å²) < 4.78 is 42.5. The number of nitrogens with zero attached hydrogens (tertiary/aromatic N) is 1. The van der Waals surface area contributed by atoms with E-state index in [0.717, 1.165) is 0 Å². The molecule has 1 aromatic carbocycles. The number of rotatable bonds is 2. The van der Waals surface area contributed by atoms with Crippen molar-refractivity contribution in [3.8, 4) is 0 Å². The average molecular weight is 255 g/mol. The van der Waals surface area contributed by atoms with Gasteiger partial charge in [-0.15, -0.1) is 0 Å². The molecular formula is C14H16F3N. The summed E-state index contributed by atoms with van der Waals surface area (Å²) in [4.78, 5) is 3.77. The van der Waals surface area contributed by atoms with Gasteiger partial charge in [0, 0.05) is 25.2 Å². The molecule has 18 heavy (non-hydrogen) atoms. The monoisotopic (exact) mass is 255 g/mol. The van der Waals surface area contributed by atoms with Gasteiger partial charge in [0.2, 0.25) is 0 Å². The van der Waals surface area contributed by atoms with E-state index in [1.54, 1.807) is 6.07 Å². The molecule has 0 unspecified atom stereocenters. The van der Waals surface area contributed by atoms with Gasteiger partial charge in [0.25, 0.3) is 5.92 Å². The van der Waals surface area contributed by atoms with E-state index in [4.69, 9.17) is 0 Å². The van der Waals surface area contributed by atoms with Gasteiger partial charge in [0.15, 0.2) is 0 Å². The third-order valence-corrected chi connectivity index (χ3v) is 3.67. The van der Waals surface area contributed by atoms with E-state index in [0.29, 0.717) is 12.8 Å². The first kappa shape index (κ1) is 13.1. The molecule has 1 aliphatic rings. The largest absolute Gasteiger partial charge is 0.300 e. The normalized spacial score (nSPS) is 27.6. The Morgan fingerprint density at radius 2 is 1.83 bits per heavy atom. The van der Waals surface area contributed by atoms with Crippen LogP contribution < -0.4 is 0 Å². The standard InChI is InChI=1S/C14H16F3N/c1-18-10-13(8-4-5-9-14(13,16)17)11-6-2-3-7-12(11)15/h2-3,6-7,10H,4-5,8-9H2,1H3/b18-10-/t13-/m0/s1. The van der Waals surface area contributed by atoms with E-state index in [-0.39, 0.29) is 18.4 Å². The summed E-state index contributed by atoms with van der Waals surface area (Å²) in [5.41, 5.74) is -1.54. The fraction of sp³-hybridized carbons (Fsp3) is 0.500. The fourth-order valence-electron chi connectivity index (χ4n) is 2.76. The predicted octanol–water partition coefficient (Wildman–Crippen LogP) is 3.97. The van der Waals surface area contributed by atoms with Crippen LogP contribution >= 0.6 is 0 Å². The number of aliphatic imine (C=N–C) groups is 1. The lowest BCUT2D eigenvalue weighted by atomic mass is 9.67. The van der Waals surface area contributed by atoms with Crippen LogP contribution in [-0.2, 0) is 5.41 Å². The predicted molar refractivity (Wildman–Crippen MR) is 65.9 cm³/mol. The molecule has 1 atom stereocenters. The van der Waals surface area contributed by atoms with Crippen LogP contribution in [0.3, 0.4) is 0 Å². The summed E-state index contributed by atoms with van der Waals surface area (Å²) in [6, 6.07) is 5.77. The van der Waals surface area contributed by atoms with Crippen LogP contribution in [0.25, 0.3) is 0 Å². The van der Waals surface area contributed by atoms with Gasteiger partial charge in [-0.3, -0.25) is 4.99 Å². The Morgan fingerprint density at radius 1 is 1.17 bits per heavy atom. The first-order chi connectivity index (χ1) is 8.53. The van der Waals surface area contributed by atoms with Crippen molar-refractivity contribution in [1.82, 2.24) is 0 Å². The smallest absolute Gasteiger partial charge is 0.262 e. The molecule has 1 aromatic rings. The van der Waals surface area contributed by atoms with Crippen LogP contribution in [0.5, 0.6) is 0 Å². The summed E-state index contributed by atoms with van der Waals surface area (Å²) >= 11 is 0. The van der Waals surface area contributed by atoms with E-state index in [9.17, 15) is 13.2 Å². The lowest BCUT2D eigenvalue weighted by molar-refractivity contribution is -0.0782. The Morgan fingerprint density at radius 3 is 2.44 bits per heavy atom. The molecule has 0 amide bonds. The maximum absolute atomic E-state index is 14.3. The second kappa shape index (κ2) is 4.75. The molecular weight excluding hydrogens is 239 g/mol. The minimum Gasteiger partial charge on any atom is -0.300 e. The lowest BCUT2D eigenvalue weighted by Crippen LogP contribution is -2.49. The fourth-order valence-corrected chi connectivity index (χ4v) is 2.76. The second-order valence-electron chi connectivity index (χ2n) is 4.75. The van der Waals surface area contributed by atoms with Gasteiger partial charge in [-0.2, -0.15) is 0 Å². The first-order valence-electron chi connectivity index (χ1n) is 6.10. The molecule has 0 heterocycles. The Balaban J connectivity index is 2.60. The summed E-state index contributed by atoms with van der Waals surface area (Å²) in [5, 5.41) is 0. The quantitative estimate of drug-likeness (QED) is 0.709. The molecule has 0 N–H and O–H groups in total. The molecule has 0 saturated heterocycles. The number of hydrogen-bond donors (Lipinski definition) is 0. The Kier molecular flexibility index (Phi) is 3.46. The maximum Gasteiger partial charge on any atom is 0.262 e. The van der Waals surface area contributed by atoms with Gasteiger partial charge < -0.3 is 0 Å². The average Bonchev–Trinajstić information content (AvgIpc) is 2.33. The highest BCUT2D eigenvalue weighted by Gasteiger charge is 2.55. The minimum absolute atomic E-state index is 0.0558. The van der Waals surface area contributed by atoms with Crippen LogP contribution in [-0.4, -0.2) is 19.2 Å². The van der Waals surface area contributed by atoms with E-state index in [1.807, 2.05) is 0 Å². The third kappa shape index (κ3) is 1.93. The van der Waals surface area contributed by atoms with Crippen molar-refractivity contribution in [1.29, 1.82) is 0 Å². The highest BCUT2D eigenvalue weighted by atomic mass is 19.3. The third-order valence-electron chi connectivity index (χ3n) is 3.67. The summed E-state index contributed by atoms with van der Waals surface area (Å²) in [6.07, 6.45) is 2.38. The van der Waals surface area contributed by atoms with E-state index >= 15 is 0 Å². The van der Waals surface area contributed by atoms with Crippen molar-refractivity contribution in [2.45, 2.75) is 37.0 Å². The van der Waals surface area contributed by atoms with Crippen LogP contribution in [0, 0.1) is 5.82 Å². The van der Waals surface area contributed by atoms with E-state index < -0.39 is 17.2 Å². The first-order valence-corrected chi connectivity index (χ1v) is 6.10. The van der Waals surface area contributed by atoms with Gasteiger partial charge >= 0.3 is 0 Å². The molecule has 1 fully saturated rings. The lowest BCUT2D eigenvalue weighted by Gasteiger charge is -2.41. The number of hydrogen-bond acceptors (Lipinski definition) is 1. The summed E-state index contributed by atoms with van der Waals surface area (Å²) in [6.45, 7) is 0. The zero-order valence-corrected chi connectivity index (χ0v) is 10.3. The summed E-state index contributed by atoms with van der Waals surface area (Å²) in [7, 11) is 1.45. The Hall–Kier alpha value is -1.32. The van der Waals surface area contributed by atoms with Crippen LogP contribution in [0.2, 0.25) is 0 Å². The molecule has 4 heteroatoms. The number of alkyl halides is 2. The van der Waals surface area contributed by atoms with Gasteiger partial charge in [0.1, 0.15) is 5.82 Å². The van der Waals surface area contributed by atoms with Crippen molar-refractivity contribution in [2.24, 2.45) is 4.99 Å². The van der Waals surface area contributed by atoms with Crippen molar-refractivity contribution < 1.29 is 13.2 Å². The minimum atomic E-state index is -2.95. The molecule has 1 aliphatic carbocycles. The van der Waals surface area contributed by atoms with E-state index in [1.165, 1.54) is 31.5 Å². The Bertz CT molecular complexity index is 456. The van der Waals surface area contributed by atoms with Crippen LogP contribution in [0.15, 0.2) is 29.3 Å². The Labute approximate surface area is 105 Å². The van der Waals surface area contributed by atoms with E-state index in [2.05, 4.69) is 4.99 Å². The SMILES string of the molecule is C/N=C\[C@]1(c2ccccc2F)CCCCC1(F)F. The second-order valence-corrected chi connectivity index (χ2v) is 4.75. The van der Waals surface area contributed by atoms with Crippen molar-refractivity contribution in [2.75, 3.05) is 7.05 Å². The molecule has 1 nitrogen and oxygen atoms in total. The van der Waals surface area contributed by atoms with Gasteiger partial charge in [0.05, 0.1) is 5.41 Å². The molecule has 2 rings (SSSR count). The van der Waals surface area contributed by atoms with Gasteiger partial charge in [-0.05, 0) is 18.9 Å². The summed E-state index contributed by atoms with van der Waals surface area (Å²) in [5.74, 6) is -3.54. The highest BCUT2D eigenvalue weighted by molar-refractivity contribution is 5.76. The molecule has 98 valence electrons. The maximum atomic E-state index is 14.3. The molecule has 0 bridgehead atoms. The van der Waals surface area contributed by atoms with Crippen LogP contribution in [0.1, 0.15) is 31.2 Å². The van der Waals surface area contributed by atoms with Crippen molar-refractivity contribution in [3.63, 3.8) is 0 Å². The number of halogens is 3.